The smallest absolute Gasteiger partial charge is 0.390 e. The Hall–Kier alpha value is -2.95. The number of aliphatic hydroxyl groups excluding tert-OH is 1. The Morgan fingerprint density at radius 3 is 2.46 bits per heavy atom. The number of halogens is 3. The predicted octanol–water partition coefficient (Wildman–Crippen LogP) is 2.74. The quantitative estimate of drug-likeness (QED) is 0.470. The molecule has 2 amide bonds. The van der Waals surface area contributed by atoms with Crippen molar-refractivity contribution in [3.8, 4) is 0 Å². The third-order valence-electron chi connectivity index (χ3n) is 7.47. The van der Waals surface area contributed by atoms with Crippen LogP contribution in [0.15, 0.2) is 48.5 Å². The lowest BCUT2D eigenvalue weighted by Gasteiger charge is -2.40. The fourth-order valence-electron chi connectivity index (χ4n) is 5.42. The molecule has 2 atom stereocenters. The molecule has 0 radical (unpaired) electrons. The normalized spacial score (nSPS) is 26.6. The predicted molar refractivity (Wildman–Crippen MR) is 131 cm³/mol. The van der Waals surface area contributed by atoms with Crippen molar-refractivity contribution < 1.29 is 33.0 Å². The molecule has 0 spiro atoms. The molecule has 1 aliphatic carbocycles. The molecule has 2 aromatic rings. The standard InChI is InChI=1S/C27H32F3N3O4/c1-17-5-2-3-8-21(17)26(37)11-9-20(10-12-26)33-15-22(23(34)16-33)32-24(35)14-31-25(36)18-6-4-7-19(13-18)27(28,29)30/h2-8,13,20,22-23,34,37H,9-12,14-16H2,1H3,(H,31,36)(H,32,35)/t20?,22-,23+,26?/m0/s1. The summed E-state index contributed by atoms with van der Waals surface area (Å²) in [7, 11) is 0. The molecule has 4 N–H and O–H groups in total. The van der Waals surface area contributed by atoms with Gasteiger partial charge in [0.2, 0.25) is 5.91 Å². The lowest BCUT2D eigenvalue weighted by Crippen LogP contribution is -2.47. The van der Waals surface area contributed by atoms with Crippen molar-refractivity contribution in [2.45, 2.75) is 62.6 Å². The summed E-state index contributed by atoms with van der Waals surface area (Å²) in [6.45, 7) is 2.38. The molecule has 0 bridgehead atoms. The van der Waals surface area contributed by atoms with Gasteiger partial charge < -0.3 is 20.8 Å². The molecule has 4 rings (SSSR count). The van der Waals surface area contributed by atoms with E-state index in [-0.39, 0.29) is 11.6 Å². The summed E-state index contributed by atoms with van der Waals surface area (Å²) in [6.07, 6.45) is -2.64. The largest absolute Gasteiger partial charge is 0.416 e. The van der Waals surface area contributed by atoms with Crippen LogP contribution < -0.4 is 10.6 Å². The van der Waals surface area contributed by atoms with Crippen molar-refractivity contribution in [3.63, 3.8) is 0 Å². The van der Waals surface area contributed by atoms with Crippen molar-refractivity contribution in [1.29, 1.82) is 0 Å². The molecular weight excluding hydrogens is 487 g/mol. The topological polar surface area (TPSA) is 102 Å². The maximum Gasteiger partial charge on any atom is 0.416 e. The van der Waals surface area contributed by atoms with E-state index in [1.165, 1.54) is 6.07 Å². The van der Waals surface area contributed by atoms with E-state index in [2.05, 4.69) is 15.5 Å². The molecule has 1 saturated heterocycles. The van der Waals surface area contributed by atoms with Gasteiger partial charge in [-0.3, -0.25) is 14.5 Å². The molecule has 1 aliphatic heterocycles. The summed E-state index contributed by atoms with van der Waals surface area (Å²) in [5, 5.41) is 26.8. The van der Waals surface area contributed by atoms with E-state index in [0.717, 1.165) is 42.2 Å². The van der Waals surface area contributed by atoms with E-state index in [9.17, 15) is 33.0 Å². The zero-order valence-electron chi connectivity index (χ0n) is 20.6. The molecule has 200 valence electrons. The number of alkyl halides is 3. The van der Waals surface area contributed by atoms with E-state index in [0.29, 0.717) is 25.9 Å². The number of nitrogens with one attached hydrogen (secondary N) is 2. The number of likely N-dealkylation sites (tertiary alicyclic amines) is 1. The van der Waals surface area contributed by atoms with Crippen molar-refractivity contribution >= 4 is 11.8 Å². The molecule has 2 aromatic carbocycles. The van der Waals surface area contributed by atoms with Crippen LogP contribution in [0.3, 0.4) is 0 Å². The lowest BCUT2D eigenvalue weighted by molar-refractivity contribution is -0.137. The van der Waals surface area contributed by atoms with Gasteiger partial charge in [-0.05, 0) is 61.9 Å². The summed E-state index contributed by atoms with van der Waals surface area (Å²) in [6, 6.07) is 11.4. The fourth-order valence-corrected chi connectivity index (χ4v) is 5.42. The monoisotopic (exact) mass is 519 g/mol. The lowest BCUT2D eigenvalue weighted by atomic mass is 9.76. The first-order valence-electron chi connectivity index (χ1n) is 12.4. The van der Waals surface area contributed by atoms with Crippen molar-refractivity contribution in [2.24, 2.45) is 0 Å². The van der Waals surface area contributed by atoms with Crippen LogP contribution in [0.1, 0.15) is 52.7 Å². The highest BCUT2D eigenvalue weighted by molar-refractivity contribution is 5.96. The van der Waals surface area contributed by atoms with E-state index in [1.54, 1.807) is 0 Å². The van der Waals surface area contributed by atoms with Crippen molar-refractivity contribution in [1.82, 2.24) is 15.5 Å². The van der Waals surface area contributed by atoms with Crippen LogP contribution in [0.5, 0.6) is 0 Å². The number of rotatable bonds is 6. The van der Waals surface area contributed by atoms with Crippen molar-refractivity contribution in [2.75, 3.05) is 19.6 Å². The summed E-state index contributed by atoms with van der Waals surface area (Å²) >= 11 is 0. The fraction of sp³-hybridized carbons (Fsp3) is 0.481. The number of aliphatic hydroxyl groups is 2. The van der Waals surface area contributed by atoms with Crippen LogP contribution in [0.25, 0.3) is 0 Å². The van der Waals surface area contributed by atoms with Crippen LogP contribution in [0.2, 0.25) is 0 Å². The molecular formula is C27H32F3N3O4. The van der Waals surface area contributed by atoms with Crippen LogP contribution >= 0.6 is 0 Å². The number of nitrogens with zero attached hydrogens (tertiary/aromatic N) is 1. The number of hydrogen-bond donors (Lipinski definition) is 4. The van der Waals surface area contributed by atoms with Gasteiger partial charge in [0.25, 0.3) is 5.91 Å². The maximum absolute atomic E-state index is 12.9. The number of carbonyl (C=O) groups excluding carboxylic acids is 2. The molecule has 2 aliphatic rings. The first-order chi connectivity index (χ1) is 17.5. The Balaban J connectivity index is 1.26. The van der Waals surface area contributed by atoms with Crippen LogP contribution in [-0.4, -0.2) is 64.7 Å². The highest BCUT2D eigenvalue weighted by Gasteiger charge is 2.41. The summed E-state index contributed by atoms with van der Waals surface area (Å²) < 4.78 is 38.6. The van der Waals surface area contributed by atoms with Crippen LogP contribution in [0, 0.1) is 6.92 Å². The minimum atomic E-state index is -4.57. The number of carbonyl (C=O) groups is 2. The first kappa shape index (κ1) is 27.1. The van der Waals surface area contributed by atoms with Gasteiger partial charge in [0.1, 0.15) is 0 Å². The number of amides is 2. The van der Waals surface area contributed by atoms with Crippen LogP contribution in [-0.2, 0) is 16.6 Å². The number of hydrogen-bond acceptors (Lipinski definition) is 5. The Morgan fingerprint density at radius 2 is 1.78 bits per heavy atom. The van der Waals surface area contributed by atoms with Crippen molar-refractivity contribution in [3.05, 3.63) is 70.8 Å². The Bertz CT molecular complexity index is 1130. The van der Waals surface area contributed by atoms with Gasteiger partial charge in [-0.2, -0.15) is 13.2 Å². The Kier molecular flexibility index (Phi) is 7.91. The molecule has 0 aromatic heterocycles. The van der Waals surface area contributed by atoms with Gasteiger partial charge >= 0.3 is 6.18 Å². The summed E-state index contributed by atoms with van der Waals surface area (Å²) in [5.74, 6) is -1.33. The molecule has 2 fully saturated rings. The second kappa shape index (κ2) is 10.8. The first-order valence-corrected chi connectivity index (χ1v) is 12.4. The van der Waals surface area contributed by atoms with Gasteiger partial charge in [-0.15, -0.1) is 0 Å². The second-order valence-electron chi connectivity index (χ2n) is 10.0. The minimum Gasteiger partial charge on any atom is -0.390 e. The molecule has 1 saturated carbocycles. The summed E-state index contributed by atoms with van der Waals surface area (Å²) in [5.41, 5.74) is -0.00213. The van der Waals surface area contributed by atoms with E-state index >= 15 is 0 Å². The van der Waals surface area contributed by atoms with E-state index in [4.69, 9.17) is 0 Å². The Labute approximate surface area is 213 Å². The molecule has 0 unspecified atom stereocenters. The maximum atomic E-state index is 12.9. The molecule has 7 nitrogen and oxygen atoms in total. The number of β-amino-alcohol motifs (C(OH)–C–C–N with tert-alkyl or cyclic N) is 1. The summed E-state index contributed by atoms with van der Waals surface area (Å²) in [4.78, 5) is 26.7. The minimum absolute atomic E-state index is 0.168. The van der Waals surface area contributed by atoms with Gasteiger partial charge in [0.15, 0.2) is 0 Å². The van der Waals surface area contributed by atoms with Gasteiger partial charge in [-0.1, -0.05) is 30.3 Å². The zero-order chi connectivity index (χ0) is 26.8. The molecule has 37 heavy (non-hydrogen) atoms. The van der Waals surface area contributed by atoms with Gasteiger partial charge in [0, 0.05) is 24.7 Å². The third kappa shape index (κ3) is 6.31. The molecule has 10 heteroatoms. The highest BCUT2D eigenvalue weighted by Crippen LogP contribution is 2.40. The SMILES string of the molecule is Cc1ccccc1C1(O)CCC(N2C[C@@H](O)[C@@H](NC(=O)CNC(=O)c3cccc(C(F)(F)F)c3)C2)CC1. The number of benzene rings is 2. The van der Waals surface area contributed by atoms with E-state index in [1.807, 2.05) is 31.2 Å². The zero-order valence-corrected chi connectivity index (χ0v) is 20.6. The molecule has 1 heterocycles. The van der Waals surface area contributed by atoms with Gasteiger partial charge in [0.05, 0.1) is 29.9 Å². The highest BCUT2D eigenvalue weighted by atomic mass is 19.4. The second-order valence-corrected chi connectivity index (χ2v) is 10.0. The van der Waals surface area contributed by atoms with E-state index < -0.39 is 47.8 Å². The average Bonchev–Trinajstić information content (AvgIpc) is 3.22. The third-order valence-corrected chi connectivity index (χ3v) is 7.47. The van der Waals surface area contributed by atoms with Crippen LogP contribution in [0.4, 0.5) is 13.2 Å². The average molecular weight is 520 g/mol. The number of aryl methyl sites for hydroxylation is 1. The Morgan fingerprint density at radius 1 is 1.08 bits per heavy atom. The van der Waals surface area contributed by atoms with Gasteiger partial charge in [-0.25, -0.2) is 0 Å².